The Labute approximate surface area is 99.3 Å². The Balaban J connectivity index is 3.26. The molecule has 17 heavy (non-hydrogen) atoms. The van der Waals surface area contributed by atoms with Crippen molar-refractivity contribution in [3.63, 3.8) is 0 Å². The number of carbonyl (C=O) groups is 1. The minimum absolute atomic E-state index is 0.177. The number of hydrogen-bond acceptors (Lipinski definition) is 2. The molecule has 0 radical (unpaired) electrons. The molecule has 94 valence electrons. The lowest BCUT2D eigenvalue weighted by Gasteiger charge is -2.24. The molecule has 1 aromatic rings. The lowest BCUT2D eigenvalue weighted by atomic mass is 9.84. The van der Waals surface area contributed by atoms with Gasteiger partial charge in [-0.2, -0.15) is 0 Å². The van der Waals surface area contributed by atoms with Crippen LogP contribution in [0.15, 0.2) is 12.1 Å². The molecular weight excluding hydrogens is 226 g/mol. The van der Waals surface area contributed by atoms with Gasteiger partial charge in [-0.25, -0.2) is 8.78 Å². The number of rotatable bonds is 2. The molecule has 0 heterocycles. The van der Waals surface area contributed by atoms with Crippen LogP contribution in [0.4, 0.5) is 8.78 Å². The molecule has 0 bridgehead atoms. The van der Waals surface area contributed by atoms with E-state index < -0.39 is 34.5 Å². The van der Waals surface area contributed by atoms with Crippen LogP contribution in [-0.4, -0.2) is 17.0 Å². The van der Waals surface area contributed by atoms with Crippen molar-refractivity contribution < 1.29 is 18.7 Å². The number of halogens is 2. The van der Waals surface area contributed by atoms with Crippen LogP contribution in [0.5, 0.6) is 0 Å². The van der Waals surface area contributed by atoms with Gasteiger partial charge in [-0.3, -0.25) is 4.79 Å². The summed E-state index contributed by atoms with van der Waals surface area (Å²) in [6, 6.07) is 2.28. The molecule has 1 aromatic carbocycles. The summed E-state index contributed by atoms with van der Waals surface area (Å²) in [4.78, 5) is 11.9. The van der Waals surface area contributed by atoms with E-state index >= 15 is 0 Å². The van der Waals surface area contributed by atoms with Crippen LogP contribution < -0.4 is 0 Å². The SMILES string of the molecule is Cc1ccc(F)c(C(=O)C(O)C(C)(C)C)c1F. The number of aryl methyl sites for hydroxylation is 1. The lowest BCUT2D eigenvalue weighted by Crippen LogP contribution is -2.35. The van der Waals surface area contributed by atoms with Gasteiger partial charge < -0.3 is 5.11 Å². The number of carbonyl (C=O) groups excluding carboxylic acids is 1. The third-order valence-electron chi connectivity index (χ3n) is 2.60. The molecule has 0 aromatic heterocycles. The fraction of sp³-hybridized carbons (Fsp3) is 0.462. The first-order valence-corrected chi connectivity index (χ1v) is 5.33. The van der Waals surface area contributed by atoms with Gasteiger partial charge in [0.1, 0.15) is 17.7 Å². The van der Waals surface area contributed by atoms with Crippen molar-refractivity contribution in [3.8, 4) is 0 Å². The first kappa shape index (κ1) is 13.8. The fourth-order valence-corrected chi connectivity index (χ4v) is 1.41. The van der Waals surface area contributed by atoms with E-state index in [1.807, 2.05) is 0 Å². The van der Waals surface area contributed by atoms with Crippen molar-refractivity contribution in [2.24, 2.45) is 5.41 Å². The number of aliphatic hydroxyl groups excluding tert-OH is 1. The molecule has 0 aliphatic heterocycles. The van der Waals surface area contributed by atoms with E-state index in [9.17, 15) is 18.7 Å². The second-order valence-electron chi connectivity index (χ2n) is 5.19. The number of ketones is 1. The Morgan fingerprint density at radius 1 is 1.29 bits per heavy atom. The largest absolute Gasteiger partial charge is 0.384 e. The van der Waals surface area contributed by atoms with Crippen molar-refractivity contribution in [2.75, 3.05) is 0 Å². The minimum atomic E-state index is -1.44. The van der Waals surface area contributed by atoms with Gasteiger partial charge in [0.25, 0.3) is 0 Å². The average Bonchev–Trinajstić information content (AvgIpc) is 2.21. The molecule has 0 spiro atoms. The van der Waals surface area contributed by atoms with Gasteiger partial charge in [0.2, 0.25) is 0 Å². The van der Waals surface area contributed by atoms with Crippen molar-refractivity contribution >= 4 is 5.78 Å². The molecule has 2 nitrogen and oxygen atoms in total. The van der Waals surface area contributed by atoms with E-state index in [0.29, 0.717) is 0 Å². The third kappa shape index (κ3) is 2.69. The molecular formula is C13H16F2O2. The first-order chi connectivity index (χ1) is 7.66. The highest BCUT2D eigenvalue weighted by Crippen LogP contribution is 2.25. The van der Waals surface area contributed by atoms with E-state index in [2.05, 4.69) is 0 Å². The number of Topliss-reactive ketones (excluding diaryl/α,β-unsaturated/α-hetero) is 1. The number of hydrogen-bond donors (Lipinski definition) is 1. The van der Waals surface area contributed by atoms with Crippen LogP contribution in [-0.2, 0) is 0 Å². The summed E-state index contributed by atoms with van der Waals surface area (Å²) in [5.74, 6) is -2.77. The van der Waals surface area contributed by atoms with E-state index in [-0.39, 0.29) is 5.56 Å². The average molecular weight is 242 g/mol. The zero-order valence-electron chi connectivity index (χ0n) is 10.3. The highest BCUT2D eigenvalue weighted by molar-refractivity contribution is 6.00. The van der Waals surface area contributed by atoms with Crippen LogP contribution in [0.1, 0.15) is 36.7 Å². The highest BCUT2D eigenvalue weighted by atomic mass is 19.1. The smallest absolute Gasteiger partial charge is 0.197 e. The molecule has 4 heteroatoms. The summed E-state index contributed by atoms with van der Waals surface area (Å²) in [5, 5.41) is 9.76. The van der Waals surface area contributed by atoms with Gasteiger partial charge in [0, 0.05) is 0 Å². The Kier molecular flexibility index (Phi) is 3.67. The van der Waals surface area contributed by atoms with Crippen LogP contribution in [0.3, 0.4) is 0 Å². The molecule has 0 saturated carbocycles. The van der Waals surface area contributed by atoms with Gasteiger partial charge in [0.05, 0.1) is 5.56 Å². The maximum absolute atomic E-state index is 13.7. The second kappa shape index (κ2) is 4.53. The third-order valence-corrected chi connectivity index (χ3v) is 2.60. The van der Waals surface area contributed by atoms with Crippen molar-refractivity contribution in [1.82, 2.24) is 0 Å². The van der Waals surface area contributed by atoms with Gasteiger partial charge in [0.15, 0.2) is 5.78 Å². The lowest BCUT2D eigenvalue weighted by molar-refractivity contribution is 0.0434. The van der Waals surface area contributed by atoms with E-state index in [1.54, 1.807) is 20.8 Å². The molecule has 1 unspecified atom stereocenters. The predicted molar refractivity (Wildman–Crippen MR) is 60.9 cm³/mol. The Morgan fingerprint density at radius 3 is 2.29 bits per heavy atom. The summed E-state index contributed by atoms with van der Waals surface area (Å²) in [6.07, 6.45) is -1.44. The predicted octanol–water partition coefficient (Wildman–Crippen LogP) is 2.86. The Morgan fingerprint density at radius 2 is 1.82 bits per heavy atom. The monoisotopic (exact) mass is 242 g/mol. The fourth-order valence-electron chi connectivity index (χ4n) is 1.41. The molecule has 0 saturated heterocycles. The van der Waals surface area contributed by atoms with E-state index in [4.69, 9.17) is 0 Å². The minimum Gasteiger partial charge on any atom is -0.384 e. The van der Waals surface area contributed by atoms with Gasteiger partial charge in [-0.15, -0.1) is 0 Å². The molecule has 1 N–H and O–H groups in total. The summed E-state index contributed by atoms with van der Waals surface area (Å²) in [6.45, 7) is 6.32. The summed E-state index contributed by atoms with van der Waals surface area (Å²) < 4.78 is 27.1. The zero-order chi connectivity index (χ0) is 13.4. The maximum atomic E-state index is 13.7. The van der Waals surface area contributed by atoms with Crippen LogP contribution in [0.2, 0.25) is 0 Å². The number of aliphatic hydroxyl groups is 1. The summed E-state index contributed by atoms with van der Waals surface area (Å²) in [7, 11) is 0. The zero-order valence-corrected chi connectivity index (χ0v) is 10.3. The Hall–Kier alpha value is -1.29. The van der Waals surface area contributed by atoms with E-state index in [1.165, 1.54) is 13.0 Å². The van der Waals surface area contributed by atoms with Crippen molar-refractivity contribution in [1.29, 1.82) is 0 Å². The molecule has 0 aliphatic carbocycles. The van der Waals surface area contributed by atoms with Gasteiger partial charge in [-0.1, -0.05) is 26.8 Å². The molecule has 0 aliphatic rings. The first-order valence-electron chi connectivity index (χ1n) is 5.33. The van der Waals surface area contributed by atoms with Crippen molar-refractivity contribution in [3.05, 3.63) is 34.9 Å². The van der Waals surface area contributed by atoms with Crippen LogP contribution in [0, 0.1) is 24.0 Å². The quantitative estimate of drug-likeness (QED) is 0.810. The molecule has 0 amide bonds. The molecule has 1 rings (SSSR count). The van der Waals surface area contributed by atoms with Crippen LogP contribution in [0.25, 0.3) is 0 Å². The number of benzene rings is 1. The van der Waals surface area contributed by atoms with Crippen LogP contribution >= 0.6 is 0 Å². The van der Waals surface area contributed by atoms with Gasteiger partial charge >= 0.3 is 0 Å². The van der Waals surface area contributed by atoms with Crippen molar-refractivity contribution in [2.45, 2.75) is 33.8 Å². The topological polar surface area (TPSA) is 37.3 Å². The molecule has 0 fully saturated rings. The Bertz CT molecular complexity index is 447. The van der Waals surface area contributed by atoms with E-state index in [0.717, 1.165) is 6.07 Å². The second-order valence-corrected chi connectivity index (χ2v) is 5.19. The highest BCUT2D eigenvalue weighted by Gasteiger charge is 2.33. The standard InChI is InChI=1S/C13H16F2O2/c1-7-5-6-8(14)9(10(7)15)11(16)12(17)13(2,3)4/h5-6,12,17H,1-4H3. The van der Waals surface area contributed by atoms with Gasteiger partial charge in [-0.05, 0) is 24.0 Å². The molecule has 1 atom stereocenters. The normalized spacial score (nSPS) is 13.6. The summed E-state index contributed by atoms with van der Waals surface area (Å²) >= 11 is 0. The maximum Gasteiger partial charge on any atom is 0.197 e. The summed E-state index contributed by atoms with van der Waals surface area (Å²) in [5.41, 5.74) is -1.25.